The molecule has 0 aliphatic carbocycles. The molecular weight excluding hydrogens is 274 g/mol. The number of carbonyl (C=O) groups excluding carboxylic acids is 2. The minimum atomic E-state index is -0.529. The van der Waals surface area contributed by atoms with Crippen molar-refractivity contribution in [1.29, 1.82) is 0 Å². The van der Waals surface area contributed by atoms with Crippen LogP contribution in [0.4, 0.5) is 11.4 Å². The van der Waals surface area contributed by atoms with Crippen LogP contribution in [-0.4, -0.2) is 23.3 Å². The standard InChI is InChI=1S/C14H19N3O4/c1-14(2,3)13(19)15-8-7-12(18)16-10-5-4-6-11(9-10)17(20)21/h4-6,9H,7-8H2,1-3H3,(H,15,19)(H,16,18). The highest BCUT2D eigenvalue weighted by Crippen LogP contribution is 2.17. The third-order valence-electron chi connectivity index (χ3n) is 2.66. The summed E-state index contributed by atoms with van der Waals surface area (Å²) in [6, 6.07) is 5.69. The van der Waals surface area contributed by atoms with Crippen LogP contribution < -0.4 is 10.6 Å². The molecule has 2 amide bonds. The number of rotatable bonds is 5. The quantitative estimate of drug-likeness (QED) is 0.641. The second-order valence-electron chi connectivity index (χ2n) is 5.61. The highest BCUT2D eigenvalue weighted by Gasteiger charge is 2.20. The molecule has 0 radical (unpaired) electrons. The van der Waals surface area contributed by atoms with Crippen molar-refractivity contribution in [3.63, 3.8) is 0 Å². The molecule has 0 spiro atoms. The molecule has 21 heavy (non-hydrogen) atoms. The topological polar surface area (TPSA) is 101 Å². The lowest BCUT2D eigenvalue weighted by Crippen LogP contribution is -2.36. The van der Waals surface area contributed by atoms with Gasteiger partial charge in [-0.25, -0.2) is 0 Å². The largest absolute Gasteiger partial charge is 0.355 e. The van der Waals surface area contributed by atoms with E-state index in [0.717, 1.165) is 0 Å². The molecule has 0 aromatic heterocycles. The Morgan fingerprint density at radius 1 is 1.29 bits per heavy atom. The molecule has 0 heterocycles. The van der Waals surface area contributed by atoms with Gasteiger partial charge in [0.2, 0.25) is 11.8 Å². The summed E-state index contributed by atoms with van der Waals surface area (Å²) < 4.78 is 0. The van der Waals surface area contributed by atoms with Crippen molar-refractivity contribution in [3.8, 4) is 0 Å². The second-order valence-corrected chi connectivity index (χ2v) is 5.61. The predicted molar refractivity (Wildman–Crippen MR) is 78.8 cm³/mol. The third kappa shape index (κ3) is 5.60. The van der Waals surface area contributed by atoms with Crippen LogP contribution in [0.5, 0.6) is 0 Å². The molecule has 1 rings (SSSR count). The Bertz CT molecular complexity index is 549. The lowest BCUT2D eigenvalue weighted by atomic mass is 9.96. The fourth-order valence-corrected chi connectivity index (χ4v) is 1.48. The van der Waals surface area contributed by atoms with Crippen LogP contribution in [0.3, 0.4) is 0 Å². The molecule has 0 aliphatic rings. The van der Waals surface area contributed by atoms with Crippen LogP contribution in [0.2, 0.25) is 0 Å². The first-order valence-corrected chi connectivity index (χ1v) is 6.53. The molecule has 114 valence electrons. The summed E-state index contributed by atoms with van der Waals surface area (Å²) in [5.41, 5.74) is -0.235. The van der Waals surface area contributed by atoms with Crippen LogP contribution in [0.25, 0.3) is 0 Å². The van der Waals surface area contributed by atoms with E-state index in [9.17, 15) is 19.7 Å². The molecule has 0 aliphatic heterocycles. The average Bonchev–Trinajstić information content (AvgIpc) is 2.37. The number of hydrogen-bond acceptors (Lipinski definition) is 4. The second kappa shape index (κ2) is 6.83. The molecule has 0 unspecified atom stereocenters. The van der Waals surface area contributed by atoms with Crippen molar-refractivity contribution in [2.75, 3.05) is 11.9 Å². The monoisotopic (exact) mass is 293 g/mol. The fourth-order valence-electron chi connectivity index (χ4n) is 1.48. The van der Waals surface area contributed by atoms with Crippen molar-refractivity contribution >= 4 is 23.2 Å². The van der Waals surface area contributed by atoms with Gasteiger partial charge in [-0.15, -0.1) is 0 Å². The van der Waals surface area contributed by atoms with Crippen LogP contribution >= 0.6 is 0 Å². The Balaban J connectivity index is 2.46. The molecule has 7 heteroatoms. The third-order valence-corrected chi connectivity index (χ3v) is 2.66. The van der Waals surface area contributed by atoms with Crippen molar-refractivity contribution in [1.82, 2.24) is 5.32 Å². The molecule has 0 atom stereocenters. The van der Waals surface area contributed by atoms with Gasteiger partial charge in [-0.1, -0.05) is 26.8 Å². The fraction of sp³-hybridized carbons (Fsp3) is 0.429. The maximum atomic E-state index is 11.7. The van der Waals surface area contributed by atoms with Crippen LogP contribution in [0.15, 0.2) is 24.3 Å². The van der Waals surface area contributed by atoms with Gasteiger partial charge in [-0.3, -0.25) is 19.7 Å². The van der Waals surface area contributed by atoms with E-state index >= 15 is 0 Å². The summed E-state index contributed by atoms with van der Waals surface area (Å²) in [7, 11) is 0. The molecule has 1 aromatic carbocycles. The molecule has 1 aromatic rings. The number of non-ortho nitro benzene ring substituents is 1. The first kappa shape index (κ1) is 16.6. The molecule has 0 saturated carbocycles. The van der Waals surface area contributed by atoms with Crippen molar-refractivity contribution in [2.45, 2.75) is 27.2 Å². The summed E-state index contributed by atoms with van der Waals surface area (Å²) in [6.07, 6.45) is 0.102. The maximum Gasteiger partial charge on any atom is 0.271 e. The smallest absolute Gasteiger partial charge is 0.271 e. The number of nitro benzene ring substituents is 1. The van der Waals surface area contributed by atoms with Crippen LogP contribution in [-0.2, 0) is 9.59 Å². The van der Waals surface area contributed by atoms with Gasteiger partial charge in [0.1, 0.15) is 0 Å². The minimum absolute atomic E-state index is 0.0890. The highest BCUT2D eigenvalue weighted by molar-refractivity contribution is 5.91. The van der Waals surface area contributed by atoms with Crippen LogP contribution in [0, 0.1) is 15.5 Å². The Morgan fingerprint density at radius 2 is 1.95 bits per heavy atom. The van der Waals surface area contributed by atoms with Gasteiger partial charge in [-0.05, 0) is 6.07 Å². The van der Waals surface area contributed by atoms with E-state index in [0.29, 0.717) is 5.69 Å². The average molecular weight is 293 g/mol. The van der Waals surface area contributed by atoms with E-state index in [1.165, 1.54) is 18.2 Å². The maximum absolute atomic E-state index is 11.7. The summed E-state index contributed by atoms with van der Waals surface area (Å²) in [6.45, 7) is 5.57. The van der Waals surface area contributed by atoms with E-state index in [1.807, 2.05) is 0 Å². The summed E-state index contributed by atoms with van der Waals surface area (Å²) in [4.78, 5) is 33.4. The van der Waals surface area contributed by atoms with Gasteiger partial charge < -0.3 is 10.6 Å². The number of nitrogens with zero attached hydrogens (tertiary/aromatic N) is 1. The molecule has 7 nitrogen and oxygen atoms in total. The first-order chi connectivity index (χ1) is 9.70. The minimum Gasteiger partial charge on any atom is -0.355 e. The Hall–Kier alpha value is -2.44. The zero-order valence-electron chi connectivity index (χ0n) is 12.3. The number of anilines is 1. The number of amides is 2. The van der Waals surface area contributed by atoms with Gasteiger partial charge in [-0.2, -0.15) is 0 Å². The van der Waals surface area contributed by atoms with Crippen LogP contribution in [0.1, 0.15) is 27.2 Å². The van der Waals surface area contributed by atoms with Gasteiger partial charge in [0.25, 0.3) is 5.69 Å². The van der Waals surface area contributed by atoms with Crippen molar-refractivity contribution in [3.05, 3.63) is 34.4 Å². The highest BCUT2D eigenvalue weighted by atomic mass is 16.6. The summed E-state index contributed by atoms with van der Waals surface area (Å²) in [5.74, 6) is -0.449. The lowest BCUT2D eigenvalue weighted by Gasteiger charge is -2.17. The number of hydrogen-bond donors (Lipinski definition) is 2. The van der Waals surface area contributed by atoms with E-state index in [-0.39, 0.29) is 30.5 Å². The van der Waals surface area contributed by atoms with Gasteiger partial charge in [0, 0.05) is 36.2 Å². The van der Waals surface area contributed by atoms with Crippen molar-refractivity contribution < 1.29 is 14.5 Å². The molecule has 0 bridgehead atoms. The number of carbonyl (C=O) groups is 2. The SMILES string of the molecule is CC(C)(C)C(=O)NCCC(=O)Nc1cccc([N+](=O)[O-])c1. The van der Waals surface area contributed by atoms with Gasteiger partial charge in [0.15, 0.2) is 0 Å². The number of benzene rings is 1. The van der Waals surface area contributed by atoms with E-state index < -0.39 is 10.3 Å². The molecular formula is C14H19N3O4. The first-order valence-electron chi connectivity index (χ1n) is 6.53. The van der Waals surface area contributed by atoms with E-state index in [2.05, 4.69) is 10.6 Å². The lowest BCUT2D eigenvalue weighted by molar-refractivity contribution is -0.384. The molecule has 2 N–H and O–H groups in total. The van der Waals surface area contributed by atoms with E-state index in [4.69, 9.17) is 0 Å². The Morgan fingerprint density at radius 3 is 2.52 bits per heavy atom. The number of nitro groups is 1. The number of nitrogens with one attached hydrogen (secondary N) is 2. The zero-order chi connectivity index (χ0) is 16.0. The van der Waals surface area contributed by atoms with Gasteiger partial charge in [0.05, 0.1) is 4.92 Å². The summed E-state index contributed by atoms with van der Waals surface area (Å²) >= 11 is 0. The Labute approximate surface area is 122 Å². The van der Waals surface area contributed by atoms with E-state index in [1.54, 1.807) is 26.8 Å². The van der Waals surface area contributed by atoms with Gasteiger partial charge >= 0.3 is 0 Å². The molecule has 0 fully saturated rings. The zero-order valence-corrected chi connectivity index (χ0v) is 12.3. The molecule has 0 saturated heterocycles. The van der Waals surface area contributed by atoms with Crippen molar-refractivity contribution in [2.24, 2.45) is 5.41 Å². The predicted octanol–water partition coefficient (Wildman–Crippen LogP) is 2.09. The normalized spacial score (nSPS) is 10.8. The summed E-state index contributed by atoms with van der Waals surface area (Å²) in [5, 5.41) is 15.8. The Kier molecular flexibility index (Phi) is 5.40.